The zero-order valence-electron chi connectivity index (χ0n) is 46.3. The van der Waals surface area contributed by atoms with E-state index in [2.05, 4.69) is 54.5 Å². The summed E-state index contributed by atoms with van der Waals surface area (Å²) in [4.78, 5) is 41.1. The number of allylic oxidation sites excluding steroid dienone is 2. The van der Waals surface area contributed by atoms with Crippen LogP contribution in [0.1, 0.15) is 120 Å². The van der Waals surface area contributed by atoms with Gasteiger partial charge in [-0.05, 0) is 109 Å². The maximum Gasteiger partial charge on any atom is 0.335 e. The van der Waals surface area contributed by atoms with Crippen LogP contribution in [0.2, 0.25) is 0 Å². The average molecular weight is 1130 g/mol. The Morgan fingerprint density at radius 2 is 1.20 bits per heavy atom. The molecule has 5 aliphatic carbocycles. The van der Waals surface area contributed by atoms with Crippen molar-refractivity contribution in [2.24, 2.45) is 50.2 Å². The standard InChI is InChI=1S/C55H86O24/c1-23(58)72-41-40(76-45-37(65)32(60)26(59)22-71-45)42(44(68)69)77-48(43(41)78-46-38(66)35(63)33(61)27(20-56)73-46)75-31-12-13-52(6)29(51(31,4)5)11-14-54(8)30(52)10-9-24-25-19-50(2,3)15-17-55(25,18-16-53(24,54)7)49(70)79-47-39(67)36(64)34(62)28(21-57)74-47/h9,25-43,45-48,56-57,59-67H,10-22H2,1-8H3,(H,68,69)/t25-,26+,27+,28+,29+,30-,31+,32-,33+,34+,35-,36-,37+,38+,39+,40-,41-,42-,43+,45-,46-,47-,48+,52+,53+,54+,55-/m1/s1. The summed E-state index contributed by atoms with van der Waals surface area (Å²) >= 11 is 0. The van der Waals surface area contributed by atoms with Crippen LogP contribution in [0.5, 0.6) is 0 Å². The Bertz CT molecular complexity index is 2260. The van der Waals surface area contributed by atoms with E-state index in [1.807, 2.05) is 0 Å². The van der Waals surface area contributed by atoms with E-state index in [-0.39, 0.29) is 39.4 Å². The Hall–Kier alpha value is -2.57. The van der Waals surface area contributed by atoms with Gasteiger partial charge in [0, 0.05) is 6.92 Å². The Morgan fingerprint density at radius 1 is 0.608 bits per heavy atom. The van der Waals surface area contributed by atoms with Crippen molar-refractivity contribution >= 4 is 17.9 Å². The van der Waals surface area contributed by atoms with E-state index in [1.54, 1.807) is 0 Å². The van der Waals surface area contributed by atoms with Crippen LogP contribution in [0.25, 0.3) is 0 Å². The van der Waals surface area contributed by atoms with Gasteiger partial charge >= 0.3 is 17.9 Å². The molecule has 450 valence electrons. The van der Waals surface area contributed by atoms with Crippen molar-refractivity contribution in [1.29, 1.82) is 0 Å². The van der Waals surface area contributed by atoms with Crippen LogP contribution in [0.3, 0.4) is 0 Å². The van der Waals surface area contributed by atoms with E-state index in [9.17, 15) is 75.7 Å². The number of hydrogen-bond donors (Lipinski definition) is 12. The number of carboxylic acids is 1. The number of carbonyl (C=O) groups excluding carboxylic acids is 2. The fourth-order valence-electron chi connectivity index (χ4n) is 16.5. The second kappa shape index (κ2) is 22.1. The highest BCUT2D eigenvalue weighted by Crippen LogP contribution is 2.76. The lowest BCUT2D eigenvalue weighted by Gasteiger charge is -2.71. The van der Waals surface area contributed by atoms with E-state index >= 15 is 0 Å². The number of aliphatic carboxylic acids is 1. The first-order valence-electron chi connectivity index (χ1n) is 28.1. The molecule has 0 spiro atoms. The maximum absolute atomic E-state index is 14.8. The van der Waals surface area contributed by atoms with Gasteiger partial charge in [0.25, 0.3) is 0 Å². The molecule has 24 nitrogen and oxygen atoms in total. The first-order chi connectivity index (χ1) is 36.9. The molecule has 4 heterocycles. The Morgan fingerprint density at radius 3 is 1.82 bits per heavy atom. The molecule has 8 fully saturated rings. The third kappa shape index (κ3) is 10.2. The molecule has 0 aromatic rings. The molecule has 9 aliphatic rings. The Balaban J connectivity index is 1.01. The molecule has 0 aromatic carbocycles. The van der Waals surface area contributed by atoms with Crippen LogP contribution >= 0.6 is 0 Å². The van der Waals surface area contributed by atoms with Crippen molar-refractivity contribution in [2.75, 3.05) is 19.8 Å². The monoisotopic (exact) mass is 1130 g/mol. The van der Waals surface area contributed by atoms with Crippen molar-refractivity contribution < 1.29 is 118 Å². The largest absolute Gasteiger partial charge is 0.479 e. The van der Waals surface area contributed by atoms with Crippen LogP contribution in [-0.4, -0.2) is 222 Å². The summed E-state index contributed by atoms with van der Waals surface area (Å²) in [5.74, 6) is -3.24. The van der Waals surface area contributed by atoms with E-state index in [0.29, 0.717) is 44.9 Å². The van der Waals surface area contributed by atoms with Crippen molar-refractivity contribution in [1.82, 2.24) is 0 Å². The third-order valence-electron chi connectivity index (χ3n) is 21.3. The van der Waals surface area contributed by atoms with Gasteiger partial charge in [0.1, 0.15) is 73.2 Å². The van der Waals surface area contributed by atoms with E-state index in [4.69, 9.17) is 42.6 Å². The normalized spacial score (nSPS) is 51.3. The van der Waals surface area contributed by atoms with E-state index in [0.717, 1.165) is 26.2 Å². The molecular formula is C55H86O24. The fraction of sp³-hybridized carbons (Fsp3) is 0.909. The molecule has 0 amide bonds. The molecule has 0 unspecified atom stereocenters. The van der Waals surface area contributed by atoms with Gasteiger partial charge in [-0.2, -0.15) is 0 Å². The Kier molecular flexibility index (Phi) is 17.1. The average Bonchev–Trinajstić information content (AvgIpc) is 2.88. The molecular weight excluding hydrogens is 1040 g/mol. The highest BCUT2D eigenvalue weighted by atomic mass is 16.8. The zero-order chi connectivity index (χ0) is 57.9. The van der Waals surface area contributed by atoms with Crippen LogP contribution < -0.4 is 0 Å². The molecule has 9 rings (SSSR count). The molecule has 0 aromatic heterocycles. The predicted octanol–water partition coefficient (Wildman–Crippen LogP) is -0.733. The van der Waals surface area contributed by atoms with Gasteiger partial charge in [-0.3, -0.25) is 9.59 Å². The third-order valence-corrected chi connectivity index (χ3v) is 21.3. The quantitative estimate of drug-likeness (QED) is 0.0651. The Labute approximate surface area is 459 Å². The van der Waals surface area contributed by atoms with Crippen molar-refractivity contribution in [3.63, 3.8) is 0 Å². The molecule has 27 atom stereocenters. The number of hydrogen-bond acceptors (Lipinski definition) is 23. The number of ether oxygens (including phenoxy) is 9. The van der Waals surface area contributed by atoms with Gasteiger partial charge in [-0.1, -0.05) is 60.1 Å². The lowest BCUT2D eigenvalue weighted by atomic mass is 9.33. The van der Waals surface area contributed by atoms with Crippen LogP contribution in [-0.2, 0) is 57.0 Å². The summed E-state index contributed by atoms with van der Waals surface area (Å²) in [7, 11) is 0. The first kappa shape index (κ1) is 61.0. The van der Waals surface area contributed by atoms with Gasteiger partial charge in [0.2, 0.25) is 6.29 Å². The molecule has 4 aliphatic heterocycles. The minimum absolute atomic E-state index is 0.0177. The topological polar surface area (TPSA) is 377 Å². The summed E-state index contributed by atoms with van der Waals surface area (Å²) < 4.78 is 54.2. The number of carboxylic acid groups (broad SMARTS) is 1. The van der Waals surface area contributed by atoms with Gasteiger partial charge in [0.15, 0.2) is 37.2 Å². The second-order valence-electron chi connectivity index (χ2n) is 26.4. The van der Waals surface area contributed by atoms with Gasteiger partial charge in [0.05, 0.1) is 31.3 Å². The van der Waals surface area contributed by atoms with E-state index < -0.39 is 171 Å². The minimum Gasteiger partial charge on any atom is -0.479 e. The zero-order valence-corrected chi connectivity index (χ0v) is 46.3. The number of rotatable bonds is 12. The SMILES string of the molecule is CC(=O)O[C@H]1[C@H](O[C@H]2O[C@@H](CO)[C@H](O)[C@@H](O)[C@@H]2O)[C@@H](O[C@H]2CC[C@]3(C)[C@H]4CC=C5[C@H]6CC(C)(C)CC[C@@]6(C(=O)O[C@H]6O[C@@H](CO)[C@H](O)[C@@H](O)[C@@H]6O)CC[C@]5(C)[C@@]4(C)CC[C@H]3C2(C)C)O[C@@H](C(=O)O)[C@@H]1O[C@H]1OC[C@H](O)[C@@H](O)[C@@H]1O. The lowest BCUT2D eigenvalue weighted by Crippen LogP contribution is -2.68. The molecule has 4 saturated heterocycles. The van der Waals surface area contributed by atoms with Crippen LogP contribution in [0.4, 0.5) is 0 Å². The molecule has 12 N–H and O–H groups in total. The molecule has 79 heavy (non-hydrogen) atoms. The number of carbonyl (C=O) groups is 3. The van der Waals surface area contributed by atoms with Crippen LogP contribution in [0, 0.1) is 50.2 Å². The summed E-state index contributed by atoms with van der Waals surface area (Å²) in [6.07, 6.45) is -25.2. The predicted molar refractivity (Wildman–Crippen MR) is 267 cm³/mol. The maximum atomic E-state index is 14.8. The smallest absolute Gasteiger partial charge is 0.335 e. The van der Waals surface area contributed by atoms with Gasteiger partial charge in [-0.15, -0.1) is 0 Å². The number of esters is 2. The second-order valence-corrected chi connectivity index (χ2v) is 26.4. The summed E-state index contributed by atoms with van der Waals surface area (Å²) in [5.41, 5.74) is -1.54. The summed E-state index contributed by atoms with van der Waals surface area (Å²) in [6, 6.07) is 0. The van der Waals surface area contributed by atoms with Gasteiger partial charge < -0.3 is 104 Å². The van der Waals surface area contributed by atoms with Crippen molar-refractivity contribution in [2.45, 2.75) is 242 Å². The lowest BCUT2D eigenvalue weighted by molar-refractivity contribution is -0.388. The molecule has 0 bridgehead atoms. The first-order valence-corrected chi connectivity index (χ1v) is 28.1. The van der Waals surface area contributed by atoms with Crippen molar-refractivity contribution in [3.05, 3.63) is 11.6 Å². The molecule has 0 radical (unpaired) electrons. The summed E-state index contributed by atoms with van der Waals surface area (Å²) in [5, 5.41) is 127. The number of aliphatic hydroxyl groups is 11. The summed E-state index contributed by atoms with van der Waals surface area (Å²) in [6.45, 7) is 14.6. The highest BCUT2D eigenvalue weighted by molar-refractivity contribution is 5.79. The van der Waals surface area contributed by atoms with E-state index in [1.165, 1.54) is 5.57 Å². The minimum atomic E-state index is -2.04. The number of aliphatic hydroxyl groups excluding tert-OH is 11. The molecule has 24 heteroatoms. The molecule has 4 saturated carbocycles. The number of fused-ring (bicyclic) bond motifs is 7. The fourth-order valence-corrected chi connectivity index (χ4v) is 16.5. The highest BCUT2D eigenvalue weighted by Gasteiger charge is 2.70. The van der Waals surface area contributed by atoms with Crippen molar-refractivity contribution in [3.8, 4) is 0 Å². The van der Waals surface area contributed by atoms with Crippen LogP contribution in [0.15, 0.2) is 11.6 Å². The van der Waals surface area contributed by atoms with Gasteiger partial charge in [-0.25, -0.2) is 4.79 Å².